The van der Waals surface area contributed by atoms with Crippen LogP contribution < -0.4 is 0 Å². The number of carbonyl (C=O) groups is 2. The van der Waals surface area contributed by atoms with Crippen molar-refractivity contribution >= 4 is 34.3 Å². The second-order valence-electron chi connectivity index (χ2n) is 2.51. The number of esters is 1. The van der Waals surface area contributed by atoms with Gasteiger partial charge in [0.2, 0.25) is 5.95 Å². The topological polar surface area (TPSA) is 56.3 Å². The molecule has 0 aromatic carbocycles. The van der Waals surface area contributed by atoms with Crippen molar-refractivity contribution in [1.29, 1.82) is 0 Å². The van der Waals surface area contributed by atoms with Gasteiger partial charge in [0.05, 0.1) is 12.2 Å². The van der Waals surface area contributed by atoms with E-state index in [1.165, 1.54) is 12.3 Å². The summed E-state index contributed by atoms with van der Waals surface area (Å²) >= 11 is 1.75. The van der Waals surface area contributed by atoms with Crippen LogP contribution in [0.25, 0.3) is 0 Å². The summed E-state index contributed by atoms with van der Waals surface area (Å²) < 4.78 is 18.0. The summed E-state index contributed by atoms with van der Waals surface area (Å²) in [5.41, 5.74) is -0.337. The van der Waals surface area contributed by atoms with Gasteiger partial charge in [-0.15, -0.1) is 0 Å². The average Bonchev–Trinajstić information content (AvgIpc) is 2.17. The smallest absolute Gasteiger partial charge is 0.379 e. The molecule has 1 aromatic rings. The molecule has 6 heteroatoms. The molecule has 0 fully saturated rings. The number of halogens is 2. The molecule has 0 aliphatic heterocycles. The summed E-state index contributed by atoms with van der Waals surface area (Å²) in [6, 6.07) is 1.44. The Morgan fingerprint density at radius 3 is 2.80 bits per heavy atom. The normalized spacial score (nSPS) is 9.80. The third-order valence-electron chi connectivity index (χ3n) is 1.54. The largest absolute Gasteiger partial charge is 0.460 e. The summed E-state index contributed by atoms with van der Waals surface area (Å²) in [6.07, 6.45) is 1.22. The number of carbonyl (C=O) groups excluding carboxylic acids is 2. The van der Waals surface area contributed by atoms with Gasteiger partial charge in [-0.3, -0.25) is 4.79 Å². The van der Waals surface area contributed by atoms with Crippen molar-refractivity contribution in [3.63, 3.8) is 0 Å². The first-order chi connectivity index (χ1) is 7.07. The van der Waals surface area contributed by atoms with Crippen LogP contribution in [0.5, 0.6) is 0 Å². The average molecular weight is 323 g/mol. The Morgan fingerprint density at radius 1 is 1.60 bits per heavy atom. The second-order valence-corrected chi connectivity index (χ2v) is 3.67. The summed E-state index contributed by atoms with van der Waals surface area (Å²) in [7, 11) is 0. The molecule has 0 aliphatic rings. The minimum Gasteiger partial charge on any atom is -0.460 e. The van der Waals surface area contributed by atoms with Crippen LogP contribution in [0.15, 0.2) is 12.3 Å². The fourth-order valence-electron chi connectivity index (χ4n) is 0.915. The zero-order valence-corrected chi connectivity index (χ0v) is 9.95. The zero-order valence-electron chi connectivity index (χ0n) is 7.79. The van der Waals surface area contributed by atoms with Gasteiger partial charge in [-0.05, 0) is 35.6 Å². The molecule has 0 N–H and O–H groups in total. The van der Waals surface area contributed by atoms with E-state index in [4.69, 9.17) is 0 Å². The van der Waals surface area contributed by atoms with E-state index in [2.05, 4.69) is 9.72 Å². The van der Waals surface area contributed by atoms with Gasteiger partial charge in [0.25, 0.3) is 5.78 Å². The number of aromatic nitrogens is 1. The minimum atomic E-state index is -1.07. The molecule has 0 spiro atoms. The van der Waals surface area contributed by atoms with Crippen LogP contribution in [0.2, 0.25) is 0 Å². The maximum Gasteiger partial charge on any atom is 0.379 e. The predicted octanol–water partition coefficient (Wildman–Crippen LogP) is 1.57. The highest BCUT2D eigenvalue weighted by Gasteiger charge is 2.24. The molecule has 0 aliphatic carbocycles. The van der Waals surface area contributed by atoms with Crippen LogP contribution in [-0.2, 0) is 9.53 Å². The van der Waals surface area contributed by atoms with E-state index >= 15 is 0 Å². The van der Waals surface area contributed by atoms with Gasteiger partial charge >= 0.3 is 5.97 Å². The number of hydrogen-bond acceptors (Lipinski definition) is 4. The molecule has 80 valence electrons. The van der Waals surface area contributed by atoms with E-state index in [0.717, 1.165) is 0 Å². The lowest BCUT2D eigenvalue weighted by Crippen LogP contribution is -2.20. The lowest BCUT2D eigenvalue weighted by molar-refractivity contribution is -0.137. The van der Waals surface area contributed by atoms with Crippen LogP contribution in [-0.4, -0.2) is 23.3 Å². The molecule has 1 rings (SSSR count). The fraction of sp³-hybridized carbons (Fsp3) is 0.222. The van der Waals surface area contributed by atoms with Crippen molar-refractivity contribution in [1.82, 2.24) is 4.98 Å². The number of pyridine rings is 1. The summed E-state index contributed by atoms with van der Waals surface area (Å²) in [5.74, 6) is -3.03. The van der Waals surface area contributed by atoms with Gasteiger partial charge in [-0.25, -0.2) is 9.78 Å². The molecule has 0 unspecified atom stereocenters. The first kappa shape index (κ1) is 12.0. The van der Waals surface area contributed by atoms with Crippen LogP contribution in [0.4, 0.5) is 4.39 Å². The van der Waals surface area contributed by atoms with Crippen LogP contribution in [0.1, 0.15) is 17.3 Å². The highest BCUT2D eigenvalue weighted by atomic mass is 127. The van der Waals surface area contributed by atoms with Gasteiger partial charge in [0.1, 0.15) is 0 Å². The molecule has 0 saturated carbocycles. The minimum absolute atomic E-state index is 0.0725. The monoisotopic (exact) mass is 323 g/mol. The Bertz CT molecular complexity index is 388. The molecule has 1 heterocycles. The van der Waals surface area contributed by atoms with E-state index in [0.29, 0.717) is 3.57 Å². The van der Waals surface area contributed by atoms with Gasteiger partial charge < -0.3 is 4.74 Å². The Hall–Kier alpha value is -1.05. The predicted molar refractivity (Wildman–Crippen MR) is 57.9 cm³/mol. The lowest BCUT2D eigenvalue weighted by atomic mass is 10.2. The van der Waals surface area contributed by atoms with Crippen molar-refractivity contribution in [2.24, 2.45) is 0 Å². The number of hydrogen-bond donors (Lipinski definition) is 0. The lowest BCUT2D eigenvalue weighted by Gasteiger charge is -2.03. The van der Waals surface area contributed by atoms with Crippen LogP contribution in [0.3, 0.4) is 0 Å². The molecular weight excluding hydrogens is 316 g/mol. The van der Waals surface area contributed by atoms with E-state index in [9.17, 15) is 14.0 Å². The van der Waals surface area contributed by atoms with Crippen molar-refractivity contribution in [3.8, 4) is 0 Å². The quantitative estimate of drug-likeness (QED) is 0.279. The molecule has 1 aromatic heterocycles. The van der Waals surface area contributed by atoms with Crippen LogP contribution in [0, 0.1) is 9.52 Å². The Morgan fingerprint density at radius 2 is 2.27 bits per heavy atom. The van der Waals surface area contributed by atoms with Crippen molar-refractivity contribution in [2.75, 3.05) is 6.61 Å². The Balaban J connectivity index is 3.06. The number of nitrogens with zero attached hydrogens (tertiary/aromatic N) is 1. The maximum absolute atomic E-state index is 13.2. The molecule has 0 saturated heterocycles. The van der Waals surface area contributed by atoms with E-state index < -0.39 is 17.7 Å². The maximum atomic E-state index is 13.2. The zero-order chi connectivity index (χ0) is 11.4. The number of ether oxygens (including phenoxy) is 1. The first-order valence-electron chi connectivity index (χ1n) is 4.09. The van der Waals surface area contributed by atoms with E-state index in [-0.39, 0.29) is 12.2 Å². The summed E-state index contributed by atoms with van der Waals surface area (Å²) in [6.45, 7) is 1.64. The fourth-order valence-corrected chi connectivity index (χ4v) is 1.54. The van der Waals surface area contributed by atoms with Gasteiger partial charge in [0, 0.05) is 9.77 Å². The molecule has 0 atom stereocenters. The molecule has 0 amide bonds. The number of ketones is 1. The molecular formula is C9H7FINO3. The summed E-state index contributed by atoms with van der Waals surface area (Å²) in [4.78, 5) is 25.8. The van der Waals surface area contributed by atoms with Crippen LogP contribution >= 0.6 is 22.6 Å². The molecule has 0 bridgehead atoms. The number of rotatable bonds is 3. The molecule has 15 heavy (non-hydrogen) atoms. The van der Waals surface area contributed by atoms with Gasteiger partial charge in [0.15, 0.2) is 0 Å². The second kappa shape index (κ2) is 5.15. The standard InChI is InChI=1S/C9H7FINO3/c1-2-15-9(14)7(13)6-5(11)3-4-12-8(6)10/h3-4H,2H2,1H3. The van der Waals surface area contributed by atoms with Gasteiger partial charge in [-0.2, -0.15) is 4.39 Å². The first-order valence-corrected chi connectivity index (χ1v) is 5.17. The third-order valence-corrected chi connectivity index (χ3v) is 2.44. The Labute approximate surface area is 99.0 Å². The van der Waals surface area contributed by atoms with E-state index in [1.807, 2.05) is 0 Å². The summed E-state index contributed by atoms with van der Waals surface area (Å²) in [5, 5.41) is 0. The van der Waals surface area contributed by atoms with Crippen molar-refractivity contribution in [3.05, 3.63) is 27.3 Å². The van der Waals surface area contributed by atoms with Crippen molar-refractivity contribution in [2.45, 2.75) is 6.92 Å². The highest BCUT2D eigenvalue weighted by molar-refractivity contribution is 14.1. The van der Waals surface area contributed by atoms with E-state index in [1.54, 1.807) is 29.5 Å². The molecule has 0 radical (unpaired) electrons. The number of Topliss-reactive ketones (excluding diaryl/α,β-unsaturated/α-hetero) is 1. The highest BCUT2D eigenvalue weighted by Crippen LogP contribution is 2.14. The third kappa shape index (κ3) is 2.71. The Kier molecular flexibility index (Phi) is 4.13. The van der Waals surface area contributed by atoms with Gasteiger partial charge in [-0.1, -0.05) is 0 Å². The molecule has 4 nitrogen and oxygen atoms in total. The van der Waals surface area contributed by atoms with Crippen molar-refractivity contribution < 1.29 is 18.7 Å². The SMILES string of the molecule is CCOC(=O)C(=O)c1c(I)ccnc1F.